The van der Waals surface area contributed by atoms with Crippen LogP contribution in [-0.2, 0) is 17.6 Å². The second-order valence-electron chi connectivity index (χ2n) is 5.85. The van der Waals surface area contributed by atoms with Crippen LogP contribution in [0.25, 0.3) is 11.5 Å². The van der Waals surface area contributed by atoms with Crippen molar-refractivity contribution < 1.29 is 9.21 Å². The van der Waals surface area contributed by atoms with E-state index in [1.165, 1.54) is 11.8 Å². The van der Waals surface area contributed by atoms with E-state index >= 15 is 0 Å². The van der Waals surface area contributed by atoms with Crippen LogP contribution in [0.4, 0.5) is 5.69 Å². The van der Waals surface area contributed by atoms with Gasteiger partial charge in [0.2, 0.25) is 11.8 Å². The van der Waals surface area contributed by atoms with Gasteiger partial charge in [0, 0.05) is 10.2 Å². The standard InChI is InChI=1S/C20H20BrN3O2S/c1-3-13-8-7-9-14(4-2)18(13)22-17(25)12-27-20-24-23-19(26-20)15-10-5-6-11-16(15)21/h5-11H,3-4,12H2,1-2H3,(H,22,25). The SMILES string of the molecule is CCc1cccc(CC)c1NC(=O)CSc1nnc(-c2ccccc2Br)o1. The van der Waals surface area contributed by atoms with Gasteiger partial charge in [-0.1, -0.05) is 55.9 Å². The summed E-state index contributed by atoms with van der Waals surface area (Å²) in [5.74, 6) is 0.546. The number of carbonyl (C=O) groups excluding carboxylic acids is 1. The van der Waals surface area contributed by atoms with Gasteiger partial charge in [0.15, 0.2) is 0 Å². The summed E-state index contributed by atoms with van der Waals surface area (Å²) in [6.07, 6.45) is 1.74. The van der Waals surface area contributed by atoms with Crippen LogP contribution >= 0.6 is 27.7 Å². The average Bonchev–Trinajstić information content (AvgIpc) is 3.15. The lowest BCUT2D eigenvalue weighted by Crippen LogP contribution is -2.16. The van der Waals surface area contributed by atoms with Gasteiger partial charge in [-0.15, -0.1) is 10.2 Å². The molecule has 0 aliphatic rings. The largest absolute Gasteiger partial charge is 0.411 e. The molecule has 1 aromatic heterocycles. The Bertz CT molecular complexity index is 920. The van der Waals surface area contributed by atoms with Crippen LogP contribution in [-0.4, -0.2) is 21.9 Å². The zero-order valence-corrected chi connectivity index (χ0v) is 17.6. The number of halogens is 1. The molecule has 0 atom stereocenters. The third kappa shape index (κ3) is 4.78. The topological polar surface area (TPSA) is 68.0 Å². The maximum absolute atomic E-state index is 12.4. The van der Waals surface area contributed by atoms with Gasteiger partial charge in [-0.25, -0.2) is 0 Å². The van der Waals surface area contributed by atoms with E-state index in [0.717, 1.165) is 39.7 Å². The van der Waals surface area contributed by atoms with Gasteiger partial charge in [0.1, 0.15) is 0 Å². The van der Waals surface area contributed by atoms with E-state index in [2.05, 4.69) is 45.3 Å². The summed E-state index contributed by atoms with van der Waals surface area (Å²) in [6, 6.07) is 13.8. The minimum Gasteiger partial charge on any atom is -0.411 e. The van der Waals surface area contributed by atoms with Crippen LogP contribution < -0.4 is 5.32 Å². The van der Waals surface area contributed by atoms with Crippen LogP contribution in [0.2, 0.25) is 0 Å². The normalized spacial score (nSPS) is 10.8. The third-order valence-electron chi connectivity index (χ3n) is 4.10. The lowest BCUT2D eigenvalue weighted by molar-refractivity contribution is -0.113. The van der Waals surface area contributed by atoms with Gasteiger partial charge in [-0.3, -0.25) is 4.79 Å². The third-order valence-corrected chi connectivity index (χ3v) is 5.61. The Balaban J connectivity index is 1.65. The summed E-state index contributed by atoms with van der Waals surface area (Å²) in [7, 11) is 0. The molecule has 0 radical (unpaired) electrons. The molecule has 0 saturated carbocycles. The van der Waals surface area contributed by atoms with Crippen molar-refractivity contribution in [1.29, 1.82) is 0 Å². The molecule has 0 aliphatic carbocycles. The predicted molar refractivity (Wildman–Crippen MR) is 112 cm³/mol. The quantitative estimate of drug-likeness (QED) is 0.496. The van der Waals surface area contributed by atoms with Crippen molar-refractivity contribution in [1.82, 2.24) is 10.2 Å². The van der Waals surface area contributed by atoms with Crippen molar-refractivity contribution in [2.45, 2.75) is 31.9 Å². The smallest absolute Gasteiger partial charge is 0.277 e. The van der Waals surface area contributed by atoms with Gasteiger partial charge in [0.05, 0.1) is 11.3 Å². The molecule has 0 bridgehead atoms. The van der Waals surface area contributed by atoms with E-state index in [1.54, 1.807) is 0 Å². The summed E-state index contributed by atoms with van der Waals surface area (Å²) in [6.45, 7) is 4.17. The number of hydrogen-bond acceptors (Lipinski definition) is 5. The fourth-order valence-corrected chi connectivity index (χ4v) is 3.74. The summed E-state index contributed by atoms with van der Waals surface area (Å²) < 4.78 is 6.55. The number of para-hydroxylation sites is 1. The average molecular weight is 446 g/mol. The van der Waals surface area contributed by atoms with Crippen LogP contribution in [0.5, 0.6) is 0 Å². The number of hydrogen-bond donors (Lipinski definition) is 1. The number of thioether (sulfide) groups is 1. The highest BCUT2D eigenvalue weighted by Crippen LogP contribution is 2.29. The summed E-state index contributed by atoms with van der Waals surface area (Å²) >= 11 is 4.70. The second-order valence-corrected chi connectivity index (χ2v) is 7.63. The van der Waals surface area contributed by atoms with Crippen LogP contribution in [0.3, 0.4) is 0 Å². The maximum Gasteiger partial charge on any atom is 0.277 e. The van der Waals surface area contributed by atoms with Gasteiger partial charge >= 0.3 is 0 Å². The van der Waals surface area contributed by atoms with E-state index in [9.17, 15) is 4.79 Å². The zero-order valence-electron chi connectivity index (χ0n) is 15.2. The Morgan fingerprint density at radius 2 is 1.78 bits per heavy atom. The van der Waals surface area contributed by atoms with Crippen molar-refractivity contribution in [3.8, 4) is 11.5 Å². The Hall–Kier alpha value is -2.12. The number of amides is 1. The zero-order chi connectivity index (χ0) is 19.2. The first-order valence-electron chi connectivity index (χ1n) is 8.74. The molecule has 5 nitrogen and oxygen atoms in total. The van der Waals surface area contributed by atoms with Crippen molar-refractivity contribution in [3.05, 3.63) is 58.1 Å². The molecule has 2 aromatic carbocycles. The monoisotopic (exact) mass is 445 g/mol. The predicted octanol–water partition coefficient (Wildman–Crippen LogP) is 5.35. The molecule has 3 aromatic rings. The lowest BCUT2D eigenvalue weighted by atomic mass is 10.0. The van der Waals surface area contributed by atoms with Crippen LogP contribution in [0, 0.1) is 0 Å². The summed E-state index contributed by atoms with van der Waals surface area (Å²) in [5, 5.41) is 11.5. The van der Waals surface area contributed by atoms with Crippen LogP contribution in [0.1, 0.15) is 25.0 Å². The number of carbonyl (C=O) groups is 1. The lowest BCUT2D eigenvalue weighted by Gasteiger charge is -2.14. The van der Waals surface area contributed by atoms with Crippen molar-refractivity contribution in [2.24, 2.45) is 0 Å². The molecule has 1 heterocycles. The van der Waals surface area contributed by atoms with Gasteiger partial charge < -0.3 is 9.73 Å². The molecule has 7 heteroatoms. The fourth-order valence-electron chi connectivity index (χ4n) is 2.72. The number of nitrogens with zero attached hydrogens (tertiary/aromatic N) is 2. The first kappa shape index (κ1) is 19.6. The van der Waals surface area contributed by atoms with Crippen LogP contribution in [0.15, 0.2) is 56.6 Å². The maximum atomic E-state index is 12.4. The Morgan fingerprint density at radius 3 is 2.44 bits per heavy atom. The van der Waals surface area contributed by atoms with E-state index in [0.29, 0.717) is 11.1 Å². The number of aryl methyl sites for hydroxylation is 2. The first-order chi connectivity index (χ1) is 13.1. The molecule has 0 aliphatic heterocycles. The Morgan fingerprint density at radius 1 is 1.07 bits per heavy atom. The molecular weight excluding hydrogens is 426 g/mol. The van der Waals surface area contributed by atoms with E-state index in [-0.39, 0.29) is 11.7 Å². The number of anilines is 1. The second kappa shape index (κ2) is 9.19. The highest BCUT2D eigenvalue weighted by molar-refractivity contribution is 9.10. The summed E-state index contributed by atoms with van der Waals surface area (Å²) in [4.78, 5) is 12.4. The molecular formula is C20H20BrN3O2S. The molecule has 1 amide bonds. The highest BCUT2D eigenvalue weighted by atomic mass is 79.9. The molecule has 140 valence electrons. The fraction of sp³-hybridized carbons (Fsp3) is 0.250. The Labute approximate surface area is 171 Å². The molecule has 0 spiro atoms. The van der Waals surface area contributed by atoms with E-state index in [4.69, 9.17) is 4.42 Å². The van der Waals surface area contributed by atoms with Gasteiger partial charge in [-0.05, 0) is 52.0 Å². The summed E-state index contributed by atoms with van der Waals surface area (Å²) in [5.41, 5.74) is 4.03. The van der Waals surface area contributed by atoms with E-state index in [1.807, 2.05) is 42.5 Å². The molecule has 0 unspecified atom stereocenters. The molecule has 1 N–H and O–H groups in total. The molecule has 0 saturated heterocycles. The molecule has 0 fully saturated rings. The minimum absolute atomic E-state index is 0.0868. The Kier molecular flexibility index (Phi) is 6.68. The molecule has 27 heavy (non-hydrogen) atoms. The van der Waals surface area contributed by atoms with Gasteiger partial charge in [0.25, 0.3) is 5.22 Å². The number of nitrogens with one attached hydrogen (secondary N) is 1. The van der Waals surface area contributed by atoms with Gasteiger partial charge in [-0.2, -0.15) is 0 Å². The van der Waals surface area contributed by atoms with E-state index < -0.39 is 0 Å². The number of benzene rings is 2. The number of rotatable bonds is 7. The van der Waals surface area contributed by atoms with Crippen molar-refractivity contribution >= 4 is 39.3 Å². The van der Waals surface area contributed by atoms with Crippen molar-refractivity contribution in [3.63, 3.8) is 0 Å². The minimum atomic E-state index is -0.0868. The number of aromatic nitrogens is 2. The highest BCUT2D eigenvalue weighted by Gasteiger charge is 2.14. The first-order valence-corrected chi connectivity index (χ1v) is 10.5. The van der Waals surface area contributed by atoms with Crippen molar-refractivity contribution in [2.75, 3.05) is 11.1 Å². The molecule has 3 rings (SSSR count).